The third-order valence-electron chi connectivity index (χ3n) is 5.18. The number of pyridine rings is 1. The number of benzene rings is 1. The predicted molar refractivity (Wildman–Crippen MR) is 125 cm³/mol. The molecule has 0 spiro atoms. The lowest BCUT2D eigenvalue weighted by molar-refractivity contribution is -0.389. The van der Waals surface area contributed by atoms with E-state index in [1.165, 1.54) is 16.9 Å². The van der Waals surface area contributed by atoms with Gasteiger partial charge in [-0.05, 0) is 29.0 Å². The maximum Gasteiger partial charge on any atom is 0.433 e. The topological polar surface area (TPSA) is 146 Å². The SMILES string of the molecule is Cc1ccc(-c2cc(C(F)(F)F)nc3sc(C(N)=O)c(NC(=O)CCn4ccc([N+](=O)[O-])n4)c23)cc1. The summed E-state index contributed by atoms with van der Waals surface area (Å²) in [6.07, 6.45) is -3.61. The third-order valence-corrected chi connectivity index (χ3v) is 6.28. The number of alkyl halides is 3. The minimum atomic E-state index is -4.75. The van der Waals surface area contributed by atoms with Crippen LogP contribution in [0.15, 0.2) is 42.6 Å². The minimum absolute atomic E-state index is 0.0189. The number of nitrogens with two attached hydrogens (primary N) is 1. The zero-order chi connectivity index (χ0) is 26.2. The number of halogens is 3. The number of anilines is 1. The number of nitrogens with zero attached hydrogens (tertiary/aromatic N) is 4. The van der Waals surface area contributed by atoms with Gasteiger partial charge in [0.2, 0.25) is 5.91 Å². The summed E-state index contributed by atoms with van der Waals surface area (Å²) >= 11 is 0.644. The van der Waals surface area contributed by atoms with Gasteiger partial charge in [-0.2, -0.15) is 17.9 Å². The quantitative estimate of drug-likeness (QED) is 0.272. The Labute approximate surface area is 204 Å². The van der Waals surface area contributed by atoms with Gasteiger partial charge in [0, 0.05) is 11.8 Å². The van der Waals surface area contributed by atoms with Crippen LogP contribution in [0.25, 0.3) is 21.3 Å². The Balaban J connectivity index is 1.77. The molecule has 0 saturated carbocycles. The van der Waals surface area contributed by atoms with E-state index in [4.69, 9.17) is 5.73 Å². The van der Waals surface area contributed by atoms with Crippen LogP contribution in [0.5, 0.6) is 0 Å². The van der Waals surface area contributed by atoms with Gasteiger partial charge in [0.1, 0.15) is 15.4 Å². The lowest BCUT2D eigenvalue weighted by Crippen LogP contribution is -2.18. The number of carbonyl (C=O) groups is 2. The molecule has 36 heavy (non-hydrogen) atoms. The van der Waals surface area contributed by atoms with Crippen molar-refractivity contribution < 1.29 is 27.7 Å². The molecule has 10 nitrogen and oxygen atoms in total. The maximum atomic E-state index is 13.6. The van der Waals surface area contributed by atoms with E-state index in [-0.39, 0.29) is 45.1 Å². The summed E-state index contributed by atoms with van der Waals surface area (Å²) in [6.45, 7) is 1.80. The smallest absolute Gasteiger partial charge is 0.365 e. The average molecular weight is 518 g/mol. The van der Waals surface area contributed by atoms with Crippen LogP contribution in [0.4, 0.5) is 24.7 Å². The highest BCUT2D eigenvalue weighted by Crippen LogP contribution is 2.43. The number of hydrogen-bond donors (Lipinski definition) is 2. The molecule has 3 aromatic heterocycles. The van der Waals surface area contributed by atoms with E-state index < -0.39 is 28.6 Å². The van der Waals surface area contributed by atoms with Gasteiger partial charge in [-0.3, -0.25) is 9.59 Å². The van der Waals surface area contributed by atoms with Crippen LogP contribution in [-0.4, -0.2) is 31.5 Å². The Morgan fingerprint density at radius 2 is 1.92 bits per heavy atom. The van der Waals surface area contributed by atoms with Crippen molar-refractivity contribution >= 4 is 44.9 Å². The molecule has 14 heteroatoms. The molecule has 186 valence electrons. The van der Waals surface area contributed by atoms with E-state index in [1.807, 2.05) is 6.92 Å². The van der Waals surface area contributed by atoms with Crippen molar-refractivity contribution in [3.63, 3.8) is 0 Å². The standard InChI is InChI=1S/C22H17F3N6O4S/c1-11-2-4-12(5-3-11)13-10-14(22(23,24)25)27-21-17(13)18(19(36-21)20(26)33)28-16(32)7-9-30-8-6-15(29-30)31(34)35/h2-6,8,10H,7,9H2,1H3,(H2,26,33)(H,28,32). The number of thiophene rings is 1. The first kappa shape index (κ1) is 24.8. The molecule has 0 bridgehead atoms. The number of hydrogen-bond acceptors (Lipinski definition) is 7. The Kier molecular flexibility index (Phi) is 6.45. The Morgan fingerprint density at radius 3 is 2.50 bits per heavy atom. The number of rotatable bonds is 7. The summed E-state index contributed by atoms with van der Waals surface area (Å²) < 4.78 is 42.0. The average Bonchev–Trinajstić information content (AvgIpc) is 3.42. The van der Waals surface area contributed by atoms with Crippen molar-refractivity contribution in [2.24, 2.45) is 5.73 Å². The second kappa shape index (κ2) is 9.37. The second-order valence-corrected chi connectivity index (χ2v) is 8.76. The summed E-state index contributed by atoms with van der Waals surface area (Å²) in [6, 6.07) is 8.73. The monoisotopic (exact) mass is 518 g/mol. The Hall–Kier alpha value is -4.33. The van der Waals surface area contributed by atoms with Gasteiger partial charge < -0.3 is 21.2 Å². The summed E-state index contributed by atoms with van der Waals surface area (Å²) in [5, 5.41) is 17.2. The van der Waals surface area contributed by atoms with Gasteiger partial charge in [-0.25, -0.2) is 4.98 Å². The molecule has 0 aliphatic rings. The molecule has 4 aromatic rings. The number of nitrogens with one attached hydrogen (secondary N) is 1. The lowest BCUT2D eigenvalue weighted by Gasteiger charge is -2.12. The summed E-state index contributed by atoms with van der Waals surface area (Å²) in [7, 11) is 0. The highest BCUT2D eigenvalue weighted by Gasteiger charge is 2.35. The van der Waals surface area contributed by atoms with Crippen molar-refractivity contribution in [2.45, 2.75) is 26.1 Å². The zero-order valence-electron chi connectivity index (χ0n) is 18.5. The highest BCUT2D eigenvalue weighted by atomic mass is 32.1. The third kappa shape index (κ3) is 5.02. The maximum absolute atomic E-state index is 13.6. The molecule has 0 unspecified atom stereocenters. The number of aromatic nitrogens is 3. The number of primary amides is 1. The van der Waals surface area contributed by atoms with Crippen LogP contribution in [0, 0.1) is 17.0 Å². The number of aryl methyl sites for hydroxylation is 2. The van der Waals surface area contributed by atoms with Crippen molar-refractivity contribution in [2.75, 3.05) is 5.32 Å². The molecule has 0 radical (unpaired) electrons. The van der Waals surface area contributed by atoms with Gasteiger partial charge in [-0.1, -0.05) is 29.8 Å². The van der Waals surface area contributed by atoms with Crippen molar-refractivity contribution in [1.82, 2.24) is 14.8 Å². The van der Waals surface area contributed by atoms with E-state index in [9.17, 15) is 32.9 Å². The fraction of sp³-hybridized carbons (Fsp3) is 0.182. The summed E-state index contributed by atoms with van der Waals surface area (Å²) in [5.41, 5.74) is 5.70. The fourth-order valence-electron chi connectivity index (χ4n) is 3.49. The van der Waals surface area contributed by atoms with Crippen LogP contribution in [0.1, 0.15) is 27.3 Å². The normalized spacial score (nSPS) is 11.6. The fourth-order valence-corrected chi connectivity index (χ4v) is 4.50. The van der Waals surface area contributed by atoms with Crippen LogP contribution in [0.3, 0.4) is 0 Å². The van der Waals surface area contributed by atoms with Gasteiger partial charge >= 0.3 is 12.0 Å². The predicted octanol–water partition coefficient (Wildman–Crippen LogP) is 4.52. The molecular formula is C22H17F3N6O4S. The molecule has 0 atom stereocenters. The van der Waals surface area contributed by atoms with Gasteiger partial charge in [0.15, 0.2) is 0 Å². The molecule has 2 amide bonds. The van der Waals surface area contributed by atoms with Crippen molar-refractivity contribution in [3.8, 4) is 11.1 Å². The zero-order valence-corrected chi connectivity index (χ0v) is 19.3. The molecule has 4 rings (SSSR count). The first-order chi connectivity index (χ1) is 16.9. The van der Waals surface area contributed by atoms with E-state index in [2.05, 4.69) is 15.4 Å². The van der Waals surface area contributed by atoms with E-state index in [0.717, 1.165) is 11.6 Å². The first-order valence-electron chi connectivity index (χ1n) is 10.3. The molecular weight excluding hydrogens is 501 g/mol. The first-order valence-corrected chi connectivity index (χ1v) is 11.1. The van der Waals surface area contributed by atoms with Gasteiger partial charge in [0.05, 0.1) is 29.6 Å². The Bertz CT molecular complexity index is 1490. The highest BCUT2D eigenvalue weighted by molar-refractivity contribution is 7.21. The second-order valence-electron chi connectivity index (χ2n) is 7.76. The summed E-state index contributed by atoms with van der Waals surface area (Å²) in [4.78, 5) is 38.4. The van der Waals surface area contributed by atoms with Crippen molar-refractivity contribution in [3.05, 3.63) is 68.8 Å². The number of nitro groups is 1. The minimum Gasteiger partial charge on any atom is -0.365 e. The molecule has 0 aliphatic carbocycles. The number of carbonyl (C=O) groups excluding carboxylic acids is 2. The molecule has 1 aromatic carbocycles. The van der Waals surface area contributed by atoms with Crippen LogP contribution in [-0.2, 0) is 17.5 Å². The van der Waals surface area contributed by atoms with Gasteiger partial charge in [0.25, 0.3) is 5.91 Å². The van der Waals surface area contributed by atoms with Crippen LogP contribution < -0.4 is 11.1 Å². The largest absolute Gasteiger partial charge is 0.433 e. The van der Waals surface area contributed by atoms with Crippen LogP contribution in [0.2, 0.25) is 0 Å². The Morgan fingerprint density at radius 1 is 1.22 bits per heavy atom. The van der Waals surface area contributed by atoms with E-state index in [0.29, 0.717) is 16.9 Å². The molecule has 3 heterocycles. The lowest BCUT2D eigenvalue weighted by atomic mass is 10.00. The summed E-state index contributed by atoms with van der Waals surface area (Å²) in [5.74, 6) is -1.94. The molecule has 0 aliphatic heterocycles. The van der Waals surface area contributed by atoms with E-state index >= 15 is 0 Å². The van der Waals surface area contributed by atoms with Crippen molar-refractivity contribution in [1.29, 1.82) is 0 Å². The van der Waals surface area contributed by atoms with Gasteiger partial charge in [-0.15, -0.1) is 11.3 Å². The number of fused-ring (bicyclic) bond motifs is 1. The van der Waals surface area contributed by atoms with E-state index in [1.54, 1.807) is 24.3 Å². The molecule has 0 fully saturated rings. The molecule has 3 N–H and O–H groups in total. The van der Waals surface area contributed by atoms with Crippen LogP contribution >= 0.6 is 11.3 Å². The number of amides is 2. The molecule has 0 saturated heterocycles.